The molecule has 4 atom stereocenters. The van der Waals surface area contributed by atoms with E-state index in [2.05, 4.69) is 0 Å². The van der Waals surface area contributed by atoms with Crippen molar-refractivity contribution >= 4 is 51.3 Å². The monoisotopic (exact) mass is 462 g/mol. The zero-order valence-electron chi connectivity index (χ0n) is 16.3. The third kappa shape index (κ3) is 6.93. The van der Waals surface area contributed by atoms with Gasteiger partial charge in [-0.05, 0) is 18.2 Å². The van der Waals surface area contributed by atoms with Gasteiger partial charge < -0.3 is 14.2 Å². The SMILES string of the molecule is CC(=O)O[C@@H]1[C@@H](OC(C)=O)[C@H](Sc2cccc(S(C)(=O)=O)c2)SC[C@H]1OC(C)=O. The molecule has 0 amide bonds. The van der Waals surface area contributed by atoms with Crippen molar-refractivity contribution in [1.29, 1.82) is 0 Å². The van der Waals surface area contributed by atoms with Crippen LogP contribution in [0.2, 0.25) is 0 Å². The van der Waals surface area contributed by atoms with Crippen molar-refractivity contribution in [3.05, 3.63) is 24.3 Å². The van der Waals surface area contributed by atoms with Gasteiger partial charge in [0.1, 0.15) is 0 Å². The summed E-state index contributed by atoms with van der Waals surface area (Å²) in [6, 6.07) is 6.39. The molecule has 0 aromatic heterocycles. The number of benzene rings is 1. The molecule has 1 heterocycles. The van der Waals surface area contributed by atoms with Crippen LogP contribution in [0.1, 0.15) is 20.8 Å². The third-order valence-corrected chi connectivity index (χ3v) is 7.74. The van der Waals surface area contributed by atoms with Crippen LogP contribution in [0.25, 0.3) is 0 Å². The molecule has 0 saturated carbocycles. The van der Waals surface area contributed by atoms with Crippen molar-refractivity contribution in [3.63, 3.8) is 0 Å². The molecule has 160 valence electrons. The number of thioether (sulfide) groups is 2. The molecule has 8 nitrogen and oxygen atoms in total. The number of rotatable bonds is 6. The van der Waals surface area contributed by atoms with Gasteiger partial charge in [-0.15, -0.1) is 23.5 Å². The molecule has 1 aliphatic heterocycles. The number of ether oxygens (including phenoxy) is 3. The van der Waals surface area contributed by atoms with E-state index in [-0.39, 0.29) is 4.90 Å². The molecule has 0 radical (unpaired) electrons. The lowest BCUT2D eigenvalue weighted by atomic mass is 10.1. The predicted octanol–water partition coefficient (Wildman–Crippen LogP) is 2.05. The minimum Gasteiger partial charge on any atom is -0.458 e. The molecule has 0 spiro atoms. The Kier molecular flexibility index (Phi) is 8.01. The summed E-state index contributed by atoms with van der Waals surface area (Å²) >= 11 is 2.66. The fourth-order valence-electron chi connectivity index (χ4n) is 2.72. The topological polar surface area (TPSA) is 113 Å². The van der Waals surface area contributed by atoms with Crippen LogP contribution in [-0.4, -0.2) is 61.2 Å². The first-order valence-electron chi connectivity index (χ1n) is 8.57. The number of hydrogen-bond acceptors (Lipinski definition) is 10. The number of esters is 3. The zero-order valence-corrected chi connectivity index (χ0v) is 18.8. The molecule has 1 aromatic rings. The molecule has 1 aromatic carbocycles. The first-order chi connectivity index (χ1) is 13.5. The molecular formula is C18H22O8S3. The highest BCUT2D eigenvalue weighted by Crippen LogP contribution is 2.42. The number of hydrogen-bond donors (Lipinski definition) is 0. The van der Waals surface area contributed by atoms with Crippen molar-refractivity contribution in [2.24, 2.45) is 0 Å². The number of sulfone groups is 1. The van der Waals surface area contributed by atoms with E-state index in [1.807, 2.05) is 0 Å². The highest BCUT2D eigenvalue weighted by atomic mass is 32.2. The van der Waals surface area contributed by atoms with Gasteiger partial charge in [0.05, 0.1) is 9.48 Å². The summed E-state index contributed by atoms with van der Waals surface area (Å²) < 4.78 is 39.3. The molecule has 1 saturated heterocycles. The summed E-state index contributed by atoms with van der Waals surface area (Å²) in [6.45, 7) is 3.69. The van der Waals surface area contributed by atoms with E-state index in [4.69, 9.17) is 14.2 Å². The van der Waals surface area contributed by atoms with Crippen LogP contribution in [-0.2, 0) is 38.4 Å². The van der Waals surface area contributed by atoms with Crippen molar-refractivity contribution in [1.82, 2.24) is 0 Å². The maximum atomic E-state index is 11.8. The fraction of sp³-hybridized carbons (Fsp3) is 0.500. The van der Waals surface area contributed by atoms with Gasteiger partial charge >= 0.3 is 17.9 Å². The van der Waals surface area contributed by atoms with Gasteiger partial charge in [-0.25, -0.2) is 8.42 Å². The van der Waals surface area contributed by atoms with Crippen molar-refractivity contribution in [3.8, 4) is 0 Å². The van der Waals surface area contributed by atoms with Crippen LogP contribution in [0.15, 0.2) is 34.1 Å². The normalized spacial score (nSPS) is 24.4. The van der Waals surface area contributed by atoms with Crippen LogP contribution in [0.4, 0.5) is 0 Å². The van der Waals surface area contributed by atoms with Gasteiger partial charge in [0, 0.05) is 37.7 Å². The highest BCUT2D eigenvalue weighted by Gasteiger charge is 2.46. The van der Waals surface area contributed by atoms with Gasteiger partial charge in [0.25, 0.3) is 0 Å². The quantitative estimate of drug-likeness (QED) is 0.460. The van der Waals surface area contributed by atoms with Crippen LogP contribution >= 0.6 is 23.5 Å². The lowest BCUT2D eigenvalue weighted by Gasteiger charge is -2.39. The molecule has 0 unspecified atom stereocenters. The Morgan fingerprint density at radius 1 is 1.00 bits per heavy atom. The smallest absolute Gasteiger partial charge is 0.303 e. The highest BCUT2D eigenvalue weighted by molar-refractivity contribution is 8.17. The summed E-state index contributed by atoms with van der Waals surface area (Å²) in [4.78, 5) is 35.5. The summed E-state index contributed by atoms with van der Waals surface area (Å²) in [5.41, 5.74) is 0. The summed E-state index contributed by atoms with van der Waals surface area (Å²) in [5.74, 6) is -1.40. The Hall–Kier alpha value is -1.72. The van der Waals surface area contributed by atoms with Crippen molar-refractivity contribution < 1.29 is 37.0 Å². The largest absolute Gasteiger partial charge is 0.458 e. The van der Waals surface area contributed by atoms with E-state index in [0.717, 1.165) is 6.26 Å². The fourth-order valence-corrected chi connectivity index (χ4v) is 6.31. The van der Waals surface area contributed by atoms with E-state index >= 15 is 0 Å². The molecule has 2 rings (SSSR count). The summed E-state index contributed by atoms with van der Waals surface area (Å²) in [6.07, 6.45) is -1.53. The van der Waals surface area contributed by atoms with E-state index in [9.17, 15) is 22.8 Å². The first-order valence-corrected chi connectivity index (χ1v) is 12.4. The molecular weight excluding hydrogens is 440 g/mol. The summed E-state index contributed by atoms with van der Waals surface area (Å²) in [5, 5.41) is 0. The minimum absolute atomic E-state index is 0.168. The van der Waals surface area contributed by atoms with Crippen LogP contribution in [0, 0.1) is 0 Å². The average Bonchev–Trinajstić information content (AvgIpc) is 2.58. The second-order valence-corrected chi connectivity index (χ2v) is 11.1. The standard InChI is InChI=1S/C18H22O8S3/c1-10(19)24-15-9-27-18(17(26-12(3)21)16(15)25-11(2)20)28-13-6-5-7-14(8-13)29(4,22)23/h5-8,15-18H,9H2,1-4H3/t15-,16+,17-,18+/m1/s1. The Labute approximate surface area is 178 Å². The van der Waals surface area contributed by atoms with Crippen molar-refractivity contribution in [2.75, 3.05) is 12.0 Å². The third-order valence-electron chi connectivity index (χ3n) is 3.79. The van der Waals surface area contributed by atoms with E-state index < -0.39 is 50.6 Å². The second kappa shape index (κ2) is 9.86. The molecule has 0 bridgehead atoms. The molecule has 29 heavy (non-hydrogen) atoms. The van der Waals surface area contributed by atoms with Crippen LogP contribution < -0.4 is 0 Å². The van der Waals surface area contributed by atoms with E-state index in [1.165, 1.54) is 56.4 Å². The van der Waals surface area contributed by atoms with Crippen molar-refractivity contribution in [2.45, 2.75) is 53.5 Å². The van der Waals surface area contributed by atoms with E-state index in [0.29, 0.717) is 10.6 Å². The summed E-state index contributed by atoms with van der Waals surface area (Å²) in [7, 11) is -3.38. The molecule has 0 N–H and O–H groups in total. The Balaban J connectivity index is 2.33. The van der Waals surface area contributed by atoms with Gasteiger partial charge in [-0.1, -0.05) is 6.07 Å². The maximum Gasteiger partial charge on any atom is 0.303 e. The Bertz CT molecular complexity index is 883. The second-order valence-electron chi connectivity index (χ2n) is 6.36. The molecule has 1 fully saturated rings. The molecule has 1 aliphatic rings. The Morgan fingerprint density at radius 3 is 2.14 bits per heavy atom. The number of carbonyl (C=O) groups is 3. The van der Waals surface area contributed by atoms with Gasteiger partial charge in [0.2, 0.25) is 0 Å². The Morgan fingerprint density at radius 2 is 1.59 bits per heavy atom. The van der Waals surface area contributed by atoms with Gasteiger partial charge in [-0.3, -0.25) is 14.4 Å². The zero-order chi connectivity index (χ0) is 21.8. The molecule has 11 heteroatoms. The molecule has 0 aliphatic carbocycles. The number of carbonyl (C=O) groups excluding carboxylic acids is 3. The predicted molar refractivity (Wildman–Crippen MR) is 108 cm³/mol. The van der Waals surface area contributed by atoms with E-state index in [1.54, 1.807) is 12.1 Å². The average molecular weight is 463 g/mol. The lowest BCUT2D eigenvalue weighted by molar-refractivity contribution is -0.180. The van der Waals surface area contributed by atoms with Gasteiger partial charge in [0.15, 0.2) is 28.1 Å². The van der Waals surface area contributed by atoms with Crippen LogP contribution in [0.3, 0.4) is 0 Å². The first kappa shape index (κ1) is 23.6. The minimum atomic E-state index is -3.38. The maximum absolute atomic E-state index is 11.8. The van der Waals surface area contributed by atoms with Crippen LogP contribution in [0.5, 0.6) is 0 Å². The lowest BCUT2D eigenvalue weighted by Crippen LogP contribution is -2.53. The van der Waals surface area contributed by atoms with Gasteiger partial charge in [-0.2, -0.15) is 0 Å².